The summed E-state index contributed by atoms with van der Waals surface area (Å²) in [4.78, 5) is 16.4. The topological polar surface area (TPSA) is 36.8 Å². The lowest BCUT2D eigenvalue weighted by atomic mass is 9.98. The van der Waals surface area contributed by atoms with E-state index >= 15 is 0 Å². The van der Waals surface area contributed by atoms with Crippen LogP contribution < -0.4 is 15.1 Å². The standard InChI is InChI=1S/C26H31N3O/c1-20(29(4)19-21-15-17-24(18-16-21)28(2)3)26(30)27-25(22-11-7-5-8-12-22)23-13-9-6-10-14-23/h5-18,20,25H,19H2,1-4H3,(H,27,30)/p+1/t20-/m0/s1. The molecule has 2 N–H and O–H groups in total. The summed E-state index contributed by atoms with van der Waals surface area (Å²) in [5.41, 5.74) is 4.57. The number of amides is 1. The third kappa shape index (κ3) is 5.49. The molecular weight excluding hydrogens is 370 g/mol. The van der Waals surface area contributed by atoms with E-state index < -0.39 is 0 Å². The average molecular weight is 403 g/mol. The van der Waals surface area contributed by atoms with E-state index in [9.17, 15) is 4.79 Å². The average Bonchev–Trinajstić information content (AvgIpc) is 2.78. The summed E-state index contributed by atoms with van der Waals surface area (Å²) >= 11 is 0. The van der Waals surface area contributed by atoms with E-state index in [1.54, 1.807) is 0 Å². The summed E-state index contributed by atoms with van der Waals surface area (Å²) in [5.74, 6) is 0.0510. The number of anilines is 1. The first-order chi connectivity index (χ1) is 14.5. The van der Waals surface area contributed by atoms with Crippen molar-refractivity contribution in [1.82, 2.24) is 5.32 Å². The molecule has 1 unspecified atom stereocenters. The Kier molecular flexibility index (Phi) is 7.26. The lowest BCUT2D eigenvalue weighted by Crippen LogP contribution is -3.12. The SMILES string of the molecule is C[C@@H](C(=O)NC(c1ccccc1)c1ccccc1)[NH+](C)Cc1ccc(N(C)C)cc1. The normalized spacial score (nSPS) is 13.0. The highest BCUT2D eigenvalue weighted by Gasteiger charge is 2.25. The molecule has 0 bridgehead atoms. The summed E-state index contributed by atoms with van der Waals surface area (Å²) in [5, 5.41) is 3.27. The van der Waals surface area contributed by atoms with Gasteiger partial charge >= 0.3 is 0 Å². The first kappa shape index (κ1) is 21.6. The molecule has 2 atom stereocenters. The number of rotatable bonds is 8. The summed E-state index contributed by atoms with van der Waals surface area (Å²) in [6, 6.07) is 28.5. The minimum absolute atomic E-state index is 0.0510. The van der Waals surface area contributed by atoms with Crippen LogP contribution in [0.2, 0.25) is 0 Å². The van der Waals surface area contributed by atoms with E-state index in [0.717, 1.165) is 22.6 Å². The molecule has 156 valence electrons. The molecule has 4 heteroatoms. The van der Waals surface area contributed by atoms with Gasteiger partial charge in [-0.2, -0.15) is 0 Å². The second kappa shape index (κ2) is 10.1. The number of likely N-dealkylation sites (N-methyl/N-ethyl adjacent to an activating group) is 1. The Morgan fingerprint density at radius 2 is 1.37 bits per heavy atom. The molecule has 0 fully saturated rings. The zero-order chi connectivity index (χ0) is 21.5. The van der Waals surface area contributed by atoms with Crippen LogP contribution in [0, 0.1) is 0 Å². The van der Waals surface area contributed by atoms with Crippen molar-refractivity contribution in [2.24, 2.45) is 0 Å². The van der Waals surface area contributed by atoms with Crippen LogP contribution in [0.1, 0.15) is 29.7 Å². The van der Waals surface area contributed by atoms with E-state index in [2.05, 4.69) is 65.8 Å². The van der Waals surface area contributed by atoms with Crippen molar-refractivity contribution in [2.75, 3.05) is 26.0 Å². The number of nitrogens with zero attached hydrogens (tertiary/aromatic N) is 1. The Bertz CT molecular complexity index is 884. The number of hydrogen-bond acceptors (Lipinski definition) is 2. The molecule has 30 heavy (non-hydrogen) atoms. The minimum atomic E-state index is -0.173. The maximum atomic E-state index is 13.1. The van der Waals surface area contributed by atoms with Gasteiger partial charge in [0.1, 0.15) is 6.54 Å². The highest BCUT2D eigenvalue weighted by molar-refractivity contribution is 5.80. The number of carbonyl (C=O) groups is 1. The van der Waals surface area contributed by atoms with E-state index in [1.807, 2.05) is 57.4 Å². The monoisotopic (exact) mass is 402 g/mol. The quantitative estimate of drug-likeness (QED) is 0.608. The van der Waals surface area contributed by atoms with Crippen molar-refractivity contribution in [3.8, 4) is 0 Å². The third-order valence-electron chi connectivity index (χ3n) is 5.62. The number of hydrogen-bond donors (Lipinski definition) is 2. The second-order valence-corrected chi connectivity index (χ2v) is 8.07. The van der Waals surface area contributed by atoms with E-state index in [-0.39, 0.29) is 18.0 Å². The van der Waals surface area contributed by atoms with Crippen molar-refractivity contribution in [2.45, 2.75) is 25.6 Å². The van der Waals surface area contributed by atoms with Crippen molar-refractivity contribution in [3.05, 3.63) is 102 Å². The van der Waals surface area contributed by atoms with Crippen LogP contribution in [-0.2, 0) is 11.3 Å². The first-order valence-corrected chi connectivity index (χ1v) is 10.4. The first-order valence-electron chi connectivity index (χ1n) is 10.4. The van der Waals surface area contributed by atoms with Gasteiger partial charge < -0.3 is 15.1 Å². The van der Waals surface area contributed by atoms with Gasteiger partial charge in [-0.15, -0.1) is 0 Å². The maximum absolute atomic E-state index is 13.1. The molecule has 4 nitrogen and oxygen atoms in total. The van der Waals surface area contributed by atoms with Crippen LogP contribution in [0.15, 0.2) is 84.9 Å². The van der Waals surface area contributed by atoms with Crippen molar-refractivity contribution >= 4 is 11.6 Å². The van der Waals surface area contributed by atoms with E-state index in [1.165, 1.54) is 11.3 Å². The molecule has 0 saturated carbocycles. The van der Waals surface area contributed by atoms with Gasteiger partial charge in [-0.1, -0.05) is 72.8 Å². The fourth-order valence-electron chi connectivity index (χ4n) is 3.53. The Morgan fingerprint density at radius 1 is 0.867 bits per heavy atom. The Balaban J connectivity index is 1.70. The molecule has 3 aromatic rings. The van der Waals surface area contributed by atoms with Crippen LogP contribution in [0.25, 0.3) is 0 Å². The van der Waals surface area contributed by atoms with Crippen LogP contribution >= 0.6 is 0 Å². The second-order valence-electron chi connectivity index (χ2n) is 8.07. The molecule has 1 amide bonds. The zero-order valence-electron chi connectivity index (χ0n) is 18.3. The van der Waals surface area contributed by atoms with Crippen LogP contribution in [0.4, 0.5) is 5.69 Å². The molecule has 0 aliphatic rings. The molecule has 0 saturated heterocycles. The van der Waals surface area contributed by atoms with E-state index in [0.29, 0.717) is 0 Å². The van der Waals surface area contributed by atoms with Gasteiger partial charge in [-0.25, -0.2) is 0 Å². The van der Waals surface area contributed by atoms with Gasteiger partial charge in [0.15, 0.2) is 6.04 Å². The molecule has 0 aliphatic carbocycles. The molecule has 3 rings (SSSR count). The van der Waals surface area contributed by atoms with Crippen LogP contribution in [0.3, 0.4) is 0 Å². The number of quaternary nitrogens is 1. The fourth-order valence-corrected chi connectivity index (χ4v) is 3.53. The largest absolute Gasteiger partial charge is 0.378 e. The molecular formula is C26H32N3O+. The molecule has 3 aromatic carbocycles. The van der Waals surface area contributed by atoms with Crippen molar-refractivity contribution in [1.29, 1.82) is 0 Å². The van der Waals surface area contributed by atoms with Gasteiger partial charge in [-0.3, -0.25) is 4.79 Å². The molecule has 0 aliphatic heterocycles. The highest BCUT2D eigenvalue weighted by atomic mass is 16.2. The Labute approximate surface area is 180 Å². The van der Waals surface area contributed by atoms with Gasteiger partial charge in [0.05, 0.1) is 13.1 Å². The lowest BCUT2D eigenvalue weighted by molar-refractivity contribution is -0.908. The highest BCUT2D eigenvalue weighted by Crippen LogP contribution is 2.21. The van der Waals surface area contributed by atoms with Gasteiger partial charge in [0.2, 0.25) is 0 Å². The third-order valence-corrected chi connectivity index (χ3v) is 5.62. The molecule has 0 spiro atoms. The predicted octanol–water partition coefficient (Wildman–Crippen LogP) is 3.06. The molecule has 0 radical (unpaired) electrons. The van der Waals surface area contributed by atoms with Crippen molar-refractivity contribution in [3.63, 3.8) is 0 Å². The smallest absolute Gasteiger partial charge is 0.278 e. The number of benzene rings is 3. The summed E-state index contributed by atoms with van der Waals surface area (Å²) in [6.07, 6.45) is 0. The van der Waals surface area contributed by atoms with Gasteiger partial charge in [-0.05, 0) is 30.2 Å². The molecule has 0 aromatic heterocycles. The zero-order valence-corrected chi connectivity index (χ0v) is 18.3. The summed E-state index contributed by atoms with van der Waals surface area (Å²) < 4.78 is 0. The fraction of sp³-hybridized carbons (Fsp3) is 0.269. The minimum Gasteiger partial charge on any atom is -0.378 e. The maximum Gasteiger partial charge on any atom is 0.278 e. The predicted molar refractivity (Wildman–Crippen MR) is 124 cm³/mol. The van der Waals surface area contributed by atoms with Gasteiger partial charge in [0.25, 0.3) is 5.91 Å². The van der Waals surface area contributed by atoms with E-state index in [4.69, 9.17) is 0 Å². The van der Waals surface area contributed by atoms with Crippen LogP contribution in [0.5, 0.6) is 0 Å². The molecule has 0 heterocycles. The summed E-state index contributed by atoms with van der Waals surface area (Å²) in [7, 11) is 6.15. The van der Waals surface area contributed by atoms with Gasteiger partial charge in [0, 0.05) is 25.3 Å². The van der Waals surface area contributed by atoms with Crippen LogP contribution in [-0.4, -0.2) is 33.1 Å². The lowest BCUT2D eigenvalue weighted by Gasteiger charge is -2.25. The Morgan fingerprint density at radius 3 is 1.83 bits per heavy atom. The number of carbonyl (C=O) groups excluding carboxylic acids is 1. The van der Waals surface area contributed by atoms with Crippen molar-refractivity contribution < 1.29 is 9.69 Å². The number of nitrogens with one attached hydrogen (secondary N) is 2. The Hall–Kier alpha value is -3.11. The summed E-state index contributed by atoms with van der Waals surface area (Å²) in [6.45, 7) is 2.79.